The molecule has 3 aromatic rings. The molecule has 6 nitrogen and oxygen atoms in total. The average Bonchev–Trinajstić information content (AvgIpc) is 3.15. The molecular weight excluding hydrogens is 410 g/mol. The van der Waals surface area contributed by atoms with E-state index in [9.17, 15) is 13.2 Å². The van der Waals surface area contributed by atoms with Crippen LogP contribution >= 0.6 is 0 Å². The van der Waals surface area contributed by atoms with E-state index in [1.807, 2.05) is 36.9 Å². The van der Waals surface area contributed by atoms with E-state index in [0.29, 0.717) is 25.9 Å². The fourth-order valence-electron chi connectivity index (χ4n) is 4.17. The number of sulfonamides is 1. The topological polar surface area (TPSA) is 71.4 Å². The molecule has 1 aromatic heterocycles. The number of rotatable bonds is 6. The van der Waals surface area contributed by atoms with Crippen LogP contribution in [0.15, 0.2) is 59.6 Å². The highest BCUT2D eigenvalue weighted by atomic mass is 32.2. The molecule has 164 valence electrons. The zero-order chi connectivity index (χ0) is 22.0. The number of benzene rings is 2. The van der Waals surface area contributed by atoms with Crippen molar-refractivity contribution in [2.45, 2.75) is 31.1 Å². The number of amides is 1. The highest BCUT2D eigenvalue weighted by molar-refractivity contribution is 7.89. The molecule has 4 rings (SSSR count). The molecule has 1 saturated heterocycles. The molecule has 1 fully saturated rings. The van der Waals surface area contributed by atoms with E-state index in [2.05, 4.69) is 29.6 Å². The van der Waals surface area contributed by atoms with E-state index in [0.717, 1.165) is 17.3 Å². The first-order valence-electron chi connectivity index (χ1n) is 10.7. The highest BCUT2D eigenvalue weighted by Gasteiger charge is 2.33. The van der Waals surface area contributed by atoms with E-state index in [-0.39, 0.29) is 23.3 Å². The summed E-state index contributed by atoms with van der Waals surface area (Å²) in [6, 6.07) is 15.4. The summed E-state index contributed by atoms with van der Waals surface area (Å²) in [5.41, 5.74) is 3.38. The minimum absolute atomic E-state index is 0.0643. The maximum atomic E-state index is 13.2. The summed E-state index contributed by atoms with van der Waals surface area (Å²) in [6.07, 6.45) is 4.07. The third-order valence-electron chi connectivity index (χ3n) is 6.08. The zero-order valence-corrected chi connectivity index (χ0v) is 18.9. The molecule has 1 amide bonds. The van der Waals surface area contributed by atoms with Gasteiger partial charge in [0, 0.05) is 43.8 Å². The maximum Gasteiger partial charge on any atom is 0.243 e. The third kappa shape index (κ3) is 4.67. The Bertz CT molecular complexity index is 1180. The van der Waals surface area contributed by atoms with Crippen molar-refractivity contribution in [2.24, 2.45) is 13.0 Å². The van der Waals surface area contributed by atoms with Crippen molar-refractivity contribution in [3.63, 3.8) is 0 Å². The van der Waals surface area contributed by atoms with Gasteiger partial charge in [0.05, 0.1) is 10.8 Å². The molecule has 0 radical (unpaired) electrons. The molecular formula is C24H29N3O3S. The first-order chi connectivity index (χ1) is 14.8. The SMILES string of the molecule is Cc1ccc(CCNC(=O)[C@H]2CCCN(S(=O)(=O)c3ccc4c(ccn4C)c3)C2)cc1. The summed E-state index contributed by atoms with van der Waals surface area (Å²) in [4.78, 5) is 13.0. The number of hydrogen-bond donors (Lipinski definition) is 1. The van der Waals surface area contributed by atoms with Crippen LogP contribution in [-0.4, -0.2) is 42.8 Å². The molecule has 2 heterocycles. The Morgan fingerprint density at radius 1 is 1.13 bits per heavy atom. The summed E-state index contributed by atoms with van der Waals surface area (Å²) in [6.45, 7) is 3.27. The first-order valence-corrected chi connectivity index (χ1v) is 12.2. The standard InChI is InChI=1S/C24H29N3O3S/c1-18-5-7-19(8-6-18)11-13-25-24(28)21-4-3-14-27(17-21)31(29,30)22-9-10-23-20(16-22)12-15-26(23)2/h5-10,12,15-16,21H,3-4,11,13-14,17H2,1-2H3,(H,25,28)/t21-/m0/s1. The van der Waals surface area contributed by atoms with Crippen molar-refractivity contribution in [3.05, 3.63) is 65.9 Å². The van der Waals surface area contributed by atoms with Gasteiger partial charge < -0.3 is 9.88 Å². The van der Waals surface area contributed by atoms with Crippen molar-refractivity contribution < 1.29 is 13.2 Å². The summed E-state index contributed by atoms with van der Waals surface area (Å²) in [7, 11) is -1.70. The van der Waals surface area contributed by atoms with E-state index >= 15 is 0 Å². The van der Waals surface area contributed by atoms with Gasteiger partial charge >= 0.3 is 0 Å². The second-order valence-electron chi connectivity index (χ2n) is 8.38. The van der Waals surface area contributed by atoms with Gasteiger partial charge in [0.1, 0.15) is 0 Å². The van der Waals surface area contributed by atoms with Gasteiger partial charge in [0.2, 0.25) is 15.9 Å². The van der Waals surface area contributed by atoms with Gasteiger partial charge in [0.25, 0.3) is 0 Å². The lowest BCUT2D eigenvalue weighted by molar-refractivity contribution is -0.126. The number of piperidine rings is 1. The van der Waals surface area contributed by atoms with Gasteiger partial charge in [-0.05, 0) is 56.0 Å². The molecule has 2 aromatic carbocycles. The molecule has 7 heteroatoms. The molecule has 0 spiro atoms. The Morgan fingerprint density at radius 3 is 2.68 bits per heavy atom. The predicted molar refractivity (Wildman–Crippen MR) is 122 cm³/mol. The Hall–Kier alpha value is -2.64. The second kappa shape index (κ2) is 8.85. The summed E-state index contributed by atoms with van der Waals surface area (Å²) in [5, 5.41) is 3.89. The summed E-state index contributed by atoms with van der Waals surface area (Å²) >= 11 is 0. The minimum atomic E-state index is -3.63. The van der Waals surface area contributed by atoms with Crippen LogP contribution in [0.4, 0.5) is 0 Å². The highest BCUT2D eigenvalue weighted by Crippen LogP contribution is 2.26. The number of fused-ring (bicyclic) bond motifs is 1. The van der Waals surface area contributed by atoms with Crippen molar-refractivity contribution in [3.8, 4) is 0 Å². The number of nitrogens with zero attached hydrogens (tertiary/aromatic N) is 2. The Morgan fingerprint density at radius 2 is 1.90 bits per heavy atom. The number of carbonyl (C=O) groups is 1. The van der Waals surface area contributed by atoms with Gasteiger partial charge in [-0.1, -0.05) is 29.8 Å². The summed E-state index contributed by atoms with van der Waals surface area (Å²) in [5.74, 6) is -0.382. The van der Waals surface area contributed by atoms with Gasteiger partial charge in [0.15, 0.2) is 0 Å². The minimum Gasteiger partial charge on any atom is -0.355 e. The number of carbonyl (C=O) groups excluding carboxylic acids is 1. The Balaban J connectivity index is 1.39. The maximum absolute atomic E-state index is 13.2. The smallest absolute Gasteiger partial charge is 0.243 e. The van der Waals surface area contributed by atoms with Crippen molar-refractivity contribution in [1.29, 1.82) is 0 Å². The number of aromatic nitrogens is 1. The van der Waals surface area contributed by atoms with Crippen LogP contribution in [-0.2, 0) is 28.3 Å². The van der Waals surface area contributed by atoms with Crippen LogP contribution in [0.25, 0.3) is 10.9 Å². The van der Waals surface area contributed by atoms with Crippen molar-refractivity contribution >= 4 is 26.8 Å². The van der Waals surface area contributed by atoms with E-state index in [1.54, 1.807) is 12.1 Å². The zero-order valence-electron chi connectivity index (χ0n) is 18.0. The lowest BCUT2D eigenvalue weighted by atomic mass is 9.98. The van der Waals surface area contributed by atoms with Crippen molar-refractivity contribution in [2.75, 3.05) is 19.6 Å². The Labute approximate surface area is 183 Å². The largest absolute Gasteiger partial charge is 0.355 e. The van der Waals surface area contributed by atoms with Gasteiger partial charge in [-0.2, -0.15) is 4.31 Å². The van der Waals surface area contributed by atoms with Crippen LogP contribution in [0.2, 0.25) is 0 Å². The summed E-state index contributed by atoms with van der Waals surface area (Å²) < 4.78 is 29.9. The van der Waals surface area contributed by atoms with Crippen LogP contribution in [0.1, 0.15) is 24.0 Å². The van der Waals surface area contributed by atoms with Crippen LogP contribution < -0.4 is 5.32 Å². The van der Waals surface area contributed by atoms with Gasteiger partial charge in [-0.25, -0.2) is 8.42 Å². The normalized spacial score (nSPS) is 17.7. The molecule has 0 bridgehead atoms. The van der Waals surface area contributed by atoms with Gasteiger partial charge in [-0.3, -0.25) is 4.79 Å². The predicted octanol–water partition coefficient (Wildman–Crippen LogP) is 3.25. The fraction of sp³-hybridized carbons (Fsp3) is 0.375. The number of aryl methyl sites for hydroxylation is 2. The number of nitrogens with one attached hydrogen (secondary N) is 1. The van der Waals surface area contributed by atoms with E-state index in [4.69, 9.17) is 0 Å². The fourth-order valence-corrected chi connectivity index (χ4v) is 5.73. The molecule has 31 heavy (non-hydrogen) atoms. The quantitative estimate of drug-likeness (QED) is 0.641. The molecule has 0 unspecified atom stereocenters. The lowest BCUT2D eigenvalue weighted by Crippen LogP contribution is -2.45. The van der Waals surface area contributed by atoms with Crippen LogP contribution in [0.5, 0.6) is 0 Å². The monoisotopic (exact) mass is 439 g/mol. The van der Waals surface area contributed by atoms with Crippen LogP contribution in [0.3, 0.4) is 0 Å². The van der Waals surface area contributed by atoms with E-state index in [1.165, 1.54) is 15.4 Å². The molecule has 1 aliphatic heterocycles. The van der Waals surface area contributed by atoms with Crippen LogP contribution in [0, 0.1) is 12.8 Å². The Kier molecular flexibility index (Phi) is 6.16. The number of hydrogen-bond acceptors (Lipinski definition) is 3. The van der Waals surface area contributed by atoms with E-state index < -0.39 is 10.0 Å². The first kappa shape index (κ1) is 21.6. The molecule has 1 aliphatic rings. The second-order valence-corrected chi connectivity index (χ2v) is 10.3. The molecule has 1 atom stereocenters. The molecule has 1 N–H and O–H groups in total. The van der Waals surface area contributed by atoms with Gasteiger partial charge in [-0.15, -0.1) is 0 Å². The molecule has 0 aliphatic carbocycles. The lowest BCUT2D eigenvalue weighted by Gasteiger charge is -2.31. The molecule has 0 saturated carbocycles. The third-order valence-corrected chi connectivity index (χ3v) is 7.94. The average molecular weight is 440 g/mol. The van der Waals surface area contributed by atoms with Crippen molar-refractivity contribution in [1.82, 2.24) is 14.2 Å².